The Morgan fingerprint density at radius 3 is 2.64 bits per heavy atom. The molecule has 3 nitrogen and oxygen atoms in total. The van der Waals surface area contributed by atoms with E-state index < -0.39 is 17.6 Å². The molecule has 0 bridgehead atoms. The maximum atomic E-state index is 13.0. The number of nitriles is 1. The van der Waals surface area contributed by atoms with E-state index >= 15 is 0 Å². The van der Waals surface area contributed by atoms with Crippen molar-refractivity contribution in [2.75, 3.05) is 5.32 Å². The first-order valence-corrected chi connectivity index (χ1v) is 6.27. The Hall–Kier alpha value is -2.62. The molecule has 0 saturated carbocycles. The van der Waals surface area contributed by atoms with E-state index in [4.69, 9.17) is 5.26 Å². The van der Waals surface area contributed by atoms with Crippen molar-refractivity contribution in [2.24, 2.45) is 0 Å². The highest BCUT2D eigenvalue weighted by Gasteiger charge is 2.33. The van der Waals surface area contributed by atoms with E-state index in [0.29, 0.717) is 23.0 Å². The topological polar surface area (TPSA) is 48.7 Å². The van der Waals surface area contributed by atoms with Crippen molar-refractivity contribution in [3.63, 3.8) is 0 Å². The van der Waals surface area contributed by atoms with E-state index in [-0.39, 0.29) is 12.1 Å². The van der Waals surface area contributed by atoms with Crippen LogP contribution < -0.4 is 5.32 Å². The van der Waals surface area contributed by atoms with Gasteiger partial charge in [-0.15, -0.1) is 0 Å². The molecule has 0 radical (unpaired) electrons. The van der Waals surface area contributed by atoms with Crippen LogP contribution in [-0.2, 0) is 12.7 Å². The number of aryl methyl sites for hydroxylation is 1. The Labute approximate surface area is 124 Å². The maximum Gasteiger partial charge on any atom is 0.416 e. The monoisotopic (exact) mass is 309 g/mol. The van der Waals surface area contributed by atoms with Gasteiger partial charge in [-0.1, -0.05) is 6.07 Å². The van der Waals surface area contributed by atoms with Crippen LogP contribution in [0.4, 0.5) is 23.2 Å². The third-order valence-corrected chi connectivity index (χ3v) is 3.06. The van der Waals surface area contributed by atoms with Crippen LogP contribution in [0.2, 0.25) is 0 Å². The van der Waals surface area contributed by atoms with Crippen LogP contribution in [0, 0.1) is 24.1 Å². The predicted octanol–water partition coefficient (Wildman–Crippen LogP) is 4.03. The summed E-state index contributed by atoms with van der Waals surface area (Å²) in [5.41, 5.74) is 0.187. The molecule has 0 aliphatic heterocycles. The minimum absolute atomic E-state index is 0.0874. The Morgan fingerprint density at radius 2 is 2.00 bits per heavy atom. The van der Waals surface area contributed by atoms with Crippen LogP contribution in [0.3, 0.4) is 0 Å². The molecule has 1 N–H and O–H groups in total. The second-order valence-electron chi connectivity index (χ2n) is 4.62. The van der Waals surface area contributed by atoms with Crippen LogP contribution in [-0.4, -0.2) is 4.98 Å². The van der Waals surface area contributed by atoms with Crippen molar-refractivity contribution in [1.82, 2.24) is 4.98 Å². The molecule has 0 aliphatic rings. The number of nitrogens with one attached hydrogen (secondary N) is 1. The summed E-state index contributed by atoms with van der Waals surface area (Å²) in [7, 11) is 0. The predicted molar refractivity (Wildman–Crippen MR) is 72.4 cm³/mol. The van der Waals surface area contributed by atoms with Gasteiger partial charge in [-0.2, -0.15) is 18.4 Å². The fourth-order valence-corrected chi connectivity index (χ4v) is 1.93. The lowest BCUT2D eigenvalue weighted by Gasteiger charge is -2.15. The average molecular weight is 309 g/mol. The summed E-state index contributed by atoms with van der Waals surface area (Å²) in [4.78, 5) is 3.98. The third-order valence-electron chi connectivity index (χ3n) is 3.06. The number of rotatable bonds is 3. The van der Waals surface area contributed by atoms with Gasteiger partial charge in [-0.3, -0.25) is 4.98 Å². The quantitative estimate of drug-likeness (QED) is 0.871. The number of halogens is 4. The number of benzene rings is 1. The molecule has 1 aromatic heterocycles. The summed E-state index contributed by atoms with van der Waals surface area (Å²) in [6, 6.07) is 5.93. The summed E-state index contributed by atoms with van der Waals surface area (Å²) < 4.78 is 51.7. The van der Waals surface area contributed by atoms with Gasteiger partial charge < -0.3 is 5.32 Å². The highest BCUT2D eigenvalue weighted by atomic mass is 19.4. The first-order valence-electron chi connectivity index (χ1n) is 6.27. The van der Waals surface area contributed by atoms with Gasteiger partial charge >= 0.3 is 6.18 Å². The van der Waals surface area contributed by atoms with Gasteiger partial charge in [0.05, 0.1) is 22.5 Å². The van der Waals surface area contributed by atoms with Crippen molar-refractivity contribution >= 4 is 5.69 Å². The van der Waals surface area contributed by atoms with E-state index in [9.17, 15) is 17.6 Å². The average Bonchev–Trinajstić information content (AvgIpc) is 2.46. The van der Waals surface area contributed by atoms with Gasteiger partial charge in [0.15, 0.2) is 0 Å². The number of pyridine rings is 1. The number of alkyl halides is 3. The number of hydrogen-bond donors (Lipinski definition) is 1. The zero-order valence-corrected chi connectivity index (χ0v) is 11.5. The van der Waals surface area contributed by atoms with Crippen LogP contribution in [0.15, 0.2) is 30.5 Å². The first kappa shape index (κ1) is 15.8. The molecular formula is C15H11F4N3. The summed E-state index contributed by atoms with van der Waals surface area (Å²) in [5.74, 6) is -0.944. The van der Waals surface area contributed by atoms with Gasteiger partial charge in [0.1, 0.15) is 11.9 Å². The smallest absolute Gasteiger partial charge is 0.379 e. The van der Waals surface area contributed by atoms with Crippen molar-refractivity contribution in [1.29, 1.82) is 5.26 Å². The first-order chi connectivity index (χ1) is 10.3. The zero-order chi connectivity index (χ0) is 16.3. The molecule has 2 aromatic rings. The fourth-order valence-electron chi connectivity index (χ4n) is 1.93. The third kappa shape index (κ3) is 3.52. The van der Waals surface area contributed by atoms with Gasteiger partial charge in [0.2, 0.25) is 0 Å². The Bertz CT molecular complexity index is 733. The second kappa shape index (κ2) is 6.02. The van der Waals surface area contributed by atoms with E-state index in [1.165, 1.54) is 12.3 Å². The lowest BCUT2D eigenvalue weighted by Crippen LogP contribution is -2.13. The number of anilines is 1. The fraction of sp³-hybridized carbons (Fsp3) is 0.200. The van der Waals surface area contributed by atoms with Crippen LogP contribution in [0.25, 0.3) is 0 Å². The lowest BCUT2D eigenvalue weighted by molar-refractivity contribution is -0.138. The van der Waals surface area contributed by atoms with Gasteiger partial charge in [0.25, 0.3) is 0 Å². The molecule has 0 unspecified atom stereocenters. The van der Waals surface area contributed by atoms with Crippen LogP contribution in [0.1, 0.15) is 22.4 Å². The Morgan fingerprint density at radius 1 is 1.27 bits per heavy atom. The van der Waals surface area contributed by atoms with E-state index in [0.717, 1.165) is 12.1 Å². The molecule has 2 rings (SSSR count). The number of nitrogens with zero attached hydrogens (tertiary/aromatic N) is 2. The van der Waals surface area contributed by atoms with E-state index in [2.05, 4.69) is 10.3 Å². The molecule has 0 fully saturated rings. The molecule has 1 heterocycles. The maximum absolute atomic E-state index is 13.0. The van der Waals surface area contributed by atoms with Gasteiger partial charge in [-0.05, 0) is 30.7 Å². The van der Waals surface area contributed by atoms with Crippen molar-refractivity contribution in [3.8, 4) is 6.07 Å². The molecule has 0 saturated heterocycles. The number of aromatic nitrogens is 1. The molecule has 1 aromatic carbocycles. The minimum atomic E-state index is -4.64. The summed E-state index contributed by atoms with van der Waals surface area (Å²) >= 11 is 0. The summed E-state index contributed by atoms with van der Waals surface area (Å²) in [6.07, 6.45) is -3.26. The van der Waals surface area contributed by atoms with Gasteiger partial charge in [0, 0.05) is 12.7 Å². The van der Waals surface area contributed by atoms with Crippen molar-refractivity contribution in [3.05, 3.63) is 58.7 Å². The van der Waals surface area contributed by atoms with Crippen molar-refractivity contribution in [2.45, 2.75) is 19.6 Å². The number of hydrogen-bond acceptors (Lipinski definition) is 3. The second-order valence-corrected chi connectivity index (χ2v) is 4.62. The molecule has 0 atom stereocenters. The molecule has 114 valence electrons. The molecule has 7 heteroatoms. The normalized spacial score (nSPS) is 11.1. The summed E-state index contributed by atoms with van der Waals surface area (Å²) in [6.45, 7) is 1.51. The van der Waals surface area contributed by atoms with E-state index in [1.807, 2.05) is 6.07 Å². The minimum Gasteiger partial charge on any atom is -0.379 e. The highest BCUT2D eigenvalue weighted by molar-refractivity contribution is 5.52. The van der Waals surface area contributed by atoms with Gasteiger partial charge in [-0.25, -0.2) is 4.39 Å². The SMILES string of the molecule is Cc1ncc(C#N)cc1NCc1ccc(F)cc1C(F)(F)F. The molecule has 0 aliphatic carbocycles. The standard InChI is InChI=1S/C15H11F4N3/c1-9-14(4-10(6-20)7-21-9)22-8-11-2-3-12(16)5-13(11)15(17,18)19/h2-5,7,22H,8H2,1H3. The van der Waals surface area contributed by atoms with E-state index in [1.54, 1.807) is 6.92 Å². The highest BCUT2D eigenvalue weighted by Crippen LogP contribution is 2.33. The molecule has 0 amide bonds. The molecule has 22 heavy (non-hydrogen) atoms. The molecule has 0 spiro atoms. The summed E-state index contributed by atoms with van der Waals surface area (Å²) in [5, 5.41) is 11.6. The lowest BCUT2D eigenvalue weighted by atomic mass is 10.1. The zero-order valence-electron chi connectivity index (χ0n) is 11.5. The largest absolute Gasteiger partial charge is 0.416 e. The van der Waals surface area contributed by atoms with Crippen LogP contribution >= 0.6 is 0 Å². The van der Waals surface area contributed by atoms with Crippen molar-refractivity contribution < 1.29 is 17.6 Å². The molecular weight excluding hydrogens is 298 g/mol. The van der Waals surface area contributed by atoms with Crippen LogP contribution in [0.5, 0.6) is 0 Å². The Balaban J connectivity index is 2.28. The Kier molecular flexibility index (Phi) is 4.31.